The van der Waals surface area contributed by atoms with E-state index in [0.717, 1.165) is 5.56 Å². The second kappa shape index (κ2) is 9.62. The molecule has 0 aliphatic heterocycles. The van der Waals surface area contributed by atoms with Gasteiger partial charge < -0.3 is 19.5 Å². The molecular weight excluding hydrogens is 346 g/mol. The van der Waals surface area contributed by atoms with Gasteiger partial charge in [0.1, 0.15) is 0 Å². The molecule has 0 saturated heterocycles. The minimum atomic E-state index is -0.280. The molecule has 2 aromatic carbocycles. The normalized spacial score (nSPS) is 11.4. The third-order valence-corrected chi connectivity index (χ3v) is 4.24. The number of hydrogen-bond acceptors (Lipinski definition) is 5. The molecule has 6 nitrogen and oxygen atoms in total. The van der Waals surface area contributed by atoms with E-state index in [1.807, 2.05) is 13.0 Å². The molecule has 0 aromatic heterocycles. The first-order valence-electron chi connectivity index (χ1n) is 8.67. The van der Waals surface area contributed by atoms with E-state index in [0.29, 0.717) is 22.8 Å². The van der Waals surface area contributed by atoms with Gasteiger partial charge in [0.25, 0.3) is 0 Å². The Morgan fingerprint density at radius 3 is 2.04 bits per heavy atom. The average molecular weight is 371 g/mol. The van der Waals surface area contributed by atoms with Crippen molar-refractivity contribution in [1.82, 2.24) is 5.32 Å². The van der Waals surface area contributed by atoms with Gasteiger partial charge in [-0.15, -0.1) is 0 Å². The molecule has 6 heteroatoms. The summed E-state index contributed by atoms with van der Waals surface area (Å²) in [4.78, 5) is 24.4. The SMILES string of the molecule is COc1cc(C(C)NC(=O)CCC(=O)c2ccccc2)cc(OC)c1OC. The topological polar surface area (TPSA) is 73.9 Å². The van der Waals surface area contributed by atoms with Gasteiger partial charge in [0, 0.05) is 18.4 Å². The van der Waals surface area contributed by atoms with Gasteiger partial charge in [-0.05, 0) is 24.6 Å². The molecule has 2 rings (SSSR count). The van der Waals surface area contributed by atoms with E-state index in [2.05, 4.69) is 5.32 Å². The van der Waals surface area contributed by atoms with Crippen molar-refractivity contribution in [3.8, 4) is 17.2 Å². The zero-order chi connectivity index (χ0) is 19.8. The Kier molecular flexibility index (Phi) is 7.23. The standard InChI is InChI=1S/C21H25NO5/c1-14(16-12-18(25-2)21(27-4)19(13-16)26-3)22-20(24)11-10-17(23)15-8-6-5-7-9-15/h5-9,12-14H,10-11H2,1-4H3,(H,22,24). The number of carbonyl (C=O) groups excluding carboxylic acids is 2. The number of carbonyl (C=O) groups is 2. The summed E-state index contributed by atoms with van der Waals surface area (Å²) in [5.74, 6) is 1.29. The van der Waals surface area contributed by atoms with E-state index in [1.54, 1.807) is 50.6 Å². The van der Waals surface area contributed by atoms with Crippen molar-refractivity contribution >= 4 is 11.7 Å². The number of rotatable bonds is 9. The van der Waals surface area contributed by atoms with Gasteiger partial charge in [-0.1, -0.05) is 30.3 Å². The lowest BCUT2D eigenvalue weighted by Crippen LogP contribution is -2.27. The van der Waals surface area contributed by atoms with Crippen molar-refractivity contribution in [3.05, 3.63) is 53.6 Å². The van der Waals surface area contributed by atoms with Crippen molar-refractivity contribution in [2.24, 2.45) is 0 Å². The summed E-state index contributed by atoms with van der Waals surface area (Å²) in [5.41, 5.74) is 1.43. The van der Waals surface area contributed by atoms with Gasteiger partial charge in [0.05, 0.1) is 27.4 Å². The molecule has 0 spiro atoms. The van der Waals surface area contributed by atoms with Crippen LogP contribution in [0.1, 0.15) is 41.7 Å². The molecule has 0 bridgehead atoms. The van der Waals surface area contributed by atoms with Crippen molar-refractivity contribution in [2.45, 2.75) is 25.8 Å². The number of nitrogens with one attached hydrogen (secondary N) is 1. The summed E-state index contributed by atoms with van der Waals surface area (Å²) in [7, 11) is 4.62. The first-order chi connectivity index (χ1) is 13.0. The van der Waals surface area contributed by atoms with Gasteiger partial charge in [-0.25, -0.2) is 0 Å². The van der Waals surface area contributed by atoms with Crippen LogP contribution in [0.15, 0.2) is 42.5 Å². The fourth-order valence-corrected chi connectivity index (χ4v) is 2.74. The first-order valence-corrected chi connectivity index (χ1v) is 8.67. The summed E-state index contributed by atoms with van der Waals surface area (Å²) < 4.78 is 16.0. The number of Topliss-reactive ketones (excluding diaryl/α,β-unsaturated/α-hetero) is 1. The first kappa shape index (κ1) is 20.3. The highest BCUT2D eigenvalue weighted by molar-refractivity contribution is 5.97. The van der Waals surface area contributed by atoms with Crippen molar-refractivity contribution in [1.29, 1.82) is 0 Å². The highest BCUT2D eigenvalue weighted by Crippen LogP contribution is 2.39. The number of amides is 1. The van der Waals surface area contributed by atoms with Crippen LogP contribution in [0.5, 0.6) is 17.2 Å². The zero-order valence-corrected chi connectivity index (χ0v) is 16.1. The summed E-state index contributed by atoms with van der Waals surface area (Å²) in [5, 5.41) is 2.90. The lowest BCUT2D eigenvalue weighted by Gasteiger charge is -2.18. The Morgan fingerprint density at radius 2 is 1.52 bits per heavy atom. The van der Waals surface area contributed by atoms with Crippen LogP contribution in [0.3, 0.4) is 0 Å². The quantitative estimate of drug-likeness (QED) is 0.683. The monoisotopic (exact) mass is 371 g/mol. The molecule has 1 atom stereocenters. The second-order valence-corrected chi connectivity index (χ2v) is 6.04. The lowest BCUT2D eigenvalue weighted by atomic mass is 10.0. The number of benzene rings is 2. The molecule has 1 N–H and O–H groups in total. The van der Waals surface area contributed by atoms with Gasteiger partial charge >= 0.3 is 0 Å². The Bertz CT molecular complexity index is 763. The molecule has 0 radical (unpaired) electrons. The van der Waals surface area contributed by atoms with E-state index in [4.69, 9.17) is 14.2 Å². The molecule has 0 fully saturated rings. The molecule has 0 aliphatic rings. The number of ether oxygens (including phenoxy) is 3. The largest absolute Gasteiger partial charge is 0.493 e. The minimum absolute atomic E-state index is 0.0498. The number of methoxy groups -OCH3 is 3. The summed E-state index contributed by atoms with van der Waals surface area (Å²) in [6.45, 7) is 1.86. The predicted octanol–water partition coefficient (Wildman–Crippen LogP) is 3.55. The fraction of sp³-hybridized carbons (Fsp3) is 0.333. The van der Waals surface area contributed by atoms with Crippen LogP contribution in [0, 0.1) is 0 Å². The van der Waals surface area contributed by atoms with Crippen LogP contribution in [-0.2, 0) is 4.79 Å². The molecule has 0 aliphatic carbocycles. The highest BCUT2D eigenvalue weighted by Gasteiger charge is 2.18. The lowest BCUT2D eigenvalue weighted by molar-refractivity contribution is -0.121. The van der Waals surface area contributed by atoms with Gasteiger partial charge in [-0.3, -0.25) is 9.59 Å². The van der Waals surface area contributed by atoms with Crippen LogP contribution in [0.25, 0.3) is 0 Å². The second-order valence-electron chi connectivity index (χ2n) is 6.04. The smallest absolute Gasteiger partial charge is 0.220 e. The predicted molar refractivity (Wildman–Crippen MR) is 103 cm³/mol. The molecule has 144 valence electrons. The minimum Gasteiger partial charge on any atom is -0.493 e. The van der Waals surface area contributed by atoms with E-state index in [1.165, 1.54) is 7.11 Å². The van der Waals surface area contributed by atoms with E-state index in [9.17, 15) is 9.59 Å². The maximum absolute atomic E-state index is 12.2. The van der Waals surface area contributed by atoms with Crippen LogP contribution in [0.4, 0.5) is 0 Å². The van der Waals surface area contributed by atoms with Gasteiger partial charge in [0.15, 0.2) is 17.3 Å². The van der Waals surface area contributed by atoms with Gasteiger partial charge in [-0.2, -0.15) is 0 Å². The molecule has 2 aromatic rings. The van der Waals surface area contributed by atoms with Crippen LogP contribution in [0.2, 0.25) is 0 Å². The van der Waals surface area contributed by atoms with E-state index >= 15 is 0 Å². The van der Waals surface area contributed by atoms with Crippen LogP contribution < -0.4 is 19.5 Å². The summed E-state index contributed by atoms with van der Waals surface area (Å²) in [6.07, 6.45) is 0.292. The molecule has 0 saturated carbocycles. The number of hydrogen-bond donors (Lipinski definition) is 1. The van der Waals surface area contributed by atoms with E-state index in [-0.39, 0.29) is 30.6 Å². The highest BCUT2D eigenvalue weighted by atomic mass is 16.5. The third-order valence-electron chi connectivity index (χ3n) is 4.24. The Labute approximate surface area is 159 Å². The van der Waals surface area contributed by atoms with Crippen molar-refractivity contribution in [3.63, 3.8) is 0 Å². The average Bonchev–Trinajstić information content (AvgIpc) is 2.71. The maximum atomic E-state index is 12.2. The number of ketones is 1. The summed E-state index contributed by atoms with van der Waals surface area (Å²) in [6, 6.07) is 12.3. The molecule has 1 amide bonds. The molecular formula is C21H25NO5. The van der Waals surface area contributed by atoms with Gasteiger partial charge in [0.2, 0.25) is 11.7 Å². The third kappa shape index (κ3) is 5.23. The van der Waals surface area contributed by atoms with Crippen molar-refractivity contribution in [2.75, 3.05) is 21.3 Å². The van der Waals surface area contributed by atoms with E-state index < -0.39 is 0 Å². The fourth-order valence-electron chi connectivity index (χ4n) is 2.74. The van der Waals surface area contributed by atoms with Crippen LogP contribution >= 0.6 is 0 Å². The Morgan fingerprint density at radius 1 is 0.926 bits per heavy atom. The molecule has 1 unspecified atom stereocenters. The molecule has 27 heavy (non-hydrogen) atoms. The maximum Gasteiger partial charge on any atom is 0.220 e. The van der Waals surface area contributed by atoms with Crippen LogP contribution in [-0.4, -0.2) is 33.0 Å². The zero-order valence-electron chi connectivity index (χ0n) is 16.1. The Balaban J connectivity index is 2.00. The Hall–Kier alpha value is -3.02. The molecule has 0 heterocycles. The van der Waals surface area contributed by atoms with Crippen molar-refractivity contribution < 1.29 is 23.8 Å². The summed E-state index contributed by atoms with van der Waals surface area (Å²) >= 11 is 0.